The number of nitrogens with one attached hydrogen (secondary N) is 2. The zero-order chi connectivity index (χ0) is 16.6. The number of aromatic nitrogens is 2. The van der Waals surface area contributed by atoms with Gasteiger partial charge in [0.15, 0.2) is 5.82 Å². The van der Waals surface area contributed by atoms with Gasteiger partial charge in [-0.3, -0.25) is 0 Å². The first-order valence-electron chi connectivity index (χ1n) is 7.78. The summed E-state index contributed by atoms with van der Waals surface area (Å²) in [6.45, 7) is 2.21. The van der Waals surface area contributed by atoms with Crippen LogP contribution in [0.25, 0.3) is 11.0 Å². The summed E-state index contributed by atoms with van der Waals surface area (Å²) in [5, 5.41) is 11.7. The van der Waals surface area contributed by atoms with Crippen LogP contribution in [0.2, 0.25) is 0 Å². The van der Waals surface area contributed by atoms with E-state index in [1.807, 2.05) is 0 Å². The normalized spacial score (nSPS) is 22.9. The van der Waals surface area contributed by atoms with E-state index in [0.717, 1.165) is 25.7 Å². The fourth-order valence-electron chi connectivity index (χ4n) is 3.35. The molecule has 3 N–H and O–H groups in total. The molecule has 5 nitrogen and oxygen atoms in total. The molecule has 1 fully saturated rings. The predicted molar refractivity (Wildman–Crippen MR) is 88.8 cm³/mol. The Morgan fingerprint density at radius 1 is 1.43 bits per heavy atom. The number of nitrogens with zero attached hydrogens (tertiary/aromatic N) is 1. The Balaban J connectivity index is 1.96. The van der Waals surface area contributed by atoms with Gasteiger partial charge in [-0.1, -0.05) is 19.8 Å². The van der Waals surface area contributed by atoms with Gasteiger partial charge in [-0.15, -0.1) is 0 Å². The van der Waals surface area contributed by atoms with Gasteiger partial charge in [0.05, 0.1) is 16.0 Å². The van der Waals surface area contributed by atoms with E-state index in [-0.39, 0.29) is 11.4 Å². The largest absolute Gasteiger partial charge is 0.465 e. The lowest BCUT2D eigenvalue weighted by molar-refractivity contribution is 0.172. The van der Waals surface area contributed by atoms with Crippen molar-refractivity contribution in [1.82, 2.24) is 15.3 Å². The molecule has 1 aromatic heterocycles. The number of fused-ring (bicyclic) bond motifs is 1. The highest BCUT2D eigenvalue weighted by Gasteiger charge is 2.31. The fourth-order valence-corrected chi connectivity index (χ4v) is 3.67. The molecule has 1 unspecified atom stereocenters. The van der Waals surface area contributed by atoms with Crippen molar-refractivity contribution in [2.45, 2.75) is 38.6 Å². The van der Waals surface area contributed by atoms with Crippen LogP contribution in [-0.2, 0) is 0 Å². The number of hydrogen-bond acceptors (Lipinski definition) is 2. The molecule has 1 amide bonds. The van der Waals surface area contributed by atoms with Crippen molar-refractivity contribution in [2.24, 2.45) is 11.8 Å². The van der Waals surface area contributed by atoms with Crippen LogP contribution in [0.1, 0.15) is 44.5 Å². The molecule has 0 bridgehead atoms. The third-order valence-electron chi connectivity index (χ3n) is 4.67. The molecule has 0 spiro atoms. The summed E-state index contributed by atoms with van der Waals surface area (Å²) < 4.78 is 14.5. The fraction of sp³-hybridized carbons (Fsp3) is 0.500. The second-order valence-corrected chi connectivity index (χ2v) is 7.18. The van der Waals surface area contributed by atoms with E-state index >= 15 is 0 Å². The SMILES string of the molecule is CC1CCC(C(NC(=O)O)c2nc3c(F)c(Br)ccc3[nH]2)CC1. The lowest BCUT2D eigenvalue weighted by atomic mass is 9.79. The summed E-state index contributed by atoms with van der Waals surface area (Å²) in [6.07, 6.45) is 2.94. The summed E-state index contributed by atoms with van der Waals surface area (Å²) >= 11 is 3.15. The first kappa shape index (κ1) is 16.2. The minimum atomic E-state index is -1.09. The number of H-pyrrole nitrogens is 1. The molecule has 1 aromatic carbocycles. The van der Waals surface area contributed by atoms with E-state index in [1.54, 1.807) is 12.1 Å². The van der Waals surface area contributed by atoms with Crippen molar-refractivity contribution < 1.29 is 14.3 Å². The molecule has 124 valence electrons. The van der Waals surface area contributed by atoms with Gasteiger partial charge in [0, 0.05) is 0 Å². The first-order chi connectivity index (χ1) is 11.0. The molecule has 3 rings (SSSR count). The van der Waals surface area contributed by atoms with Crippen molar-refractivity contribution in [2.75, 3.05) is 0 Å². The molecular weight excluding hydrogens is 365 g/mol. The van der Waals surface area contributed by atoms with Gasteiger partial charge in [-0.25, -0.2) is 14.2 Å². The molecule has 1 aliphatic rings. The van der Waals surface area contributed by atoms with Crippen LogP contribution in [0, 0.1) is 17.7 Å². The Kier molecular flexibility index (Phi) is 4.57. The van der Waals surface area contributed by atoms with Crippen molar-refractivity contribution in [3.8, 4) is 0 Å². The summed E-state index contributed by atoms with van der Waals surface area (Å²) in [4.78, 5) is 18.6. The van der Waals surface area contributed by atoms with E-state index in [4.69, 9.17) is 5.11 Å². The molecule has 0 aliphatic heterocycles. The molecule has 0 radical (unpaired) electrons. The van der Waals surface area contributed by atoms with Crippen LogP contribution in [0.4, 0.5) is 9.18 Å². The minimum absolute atomic E-state index is 0.175. The number of carboxylic acid groups (broad SMARTS) is 1. The predicted octanol–water partition coefficient (Wildman–Crippen LogP) is 4.60. The highest BCUT2D eigenvalue weighted by Crippen LogP contribution is 2.37. The number of hydrogen-bond donors (Lipinski definition) is 3. The molecule has 1 heterocycles. The van der Waals surface area contributed by atoms with Gasteiger partial charge in [-0.05, 0) is 52.7 Å². The summed E-state index contributed by atoms with van der Waals surface area (Å²) in [7, 11) is 0. The van der Waals surface area contributed by atoms with Gasteiger partial charge in [-0.2, -0.15) is 0 Å². The number of aromatic amines is 1. The van der Waals surface area contributed by atoms with Gasteiger partial charge in [0.1, 0.15) is 11.3 Å². The molecule has 7 heteroatoms. The Labute approximate surface area is 141 Å². The van der Waals surface area contributed by atoms with Crippen molar-refractivity contribution >= 4 is 33.1 Å². The van der Waals surface area contributed by atoms with Crippen LogP contribution in [0.5, 0.6) is 0 Å². The third-order valence-corrected chi connectivity index (χ3v) is 5.28. The van der Waals surface area contributed by atoms with Crippen LogP contribution >= 0.6 is 15.9 Å². The first-order valence-corrected chi connectivity index (χ1v) is 8.58. The summed E-state index contributed by atoms with van der Waals surface area (Å²) in [5.41, 5.74) is 0.804. The van der Waals surface area contributed by atoms with Crippen molar-refractivity contribution in [3.05, 3.63) is 28.2 Å². The zero-order valence-electron chi connectivity index (χ0n) is 12.8. The van der Waals surface area contributed by atoms with E-state index in [0.29, 0.717) is 21.7 Å². The van der Waals surface area contributed by atoms with Crippen LogP contribution in [-0.4, -0.2) is 21.2 Å². The second-order valence-electron chi connectivity index (χ2n) is 6.33. The average Bonchev–Trinajstić information content (AvgIpc) is 2.94. The number of imidazole rings is 1. The smallest absolute Gasteiger partial charge is 0.405 e. The molecule has 1 saturated carbocycles. The number of halogens is 2. The van der Waals surface area contributed by atoms with Crippen molar-refractivity contribution in [1.29, 1.82) is 0 Å². The van der Waals surface area contributed by atoms with Gasteiger partial charge in [0.25, 0.3) is 0 Å². The summed E-state index contributed by atoms with van der Waals surface area (Å²) in [5.74, 6) is 0.894. The van der Waals surface area contributed by atoms with Crippen molar-refractivity contribution in [3.63, 3.8) is 0 Å². The Hall–Kier alpha value is -1.63. The van der Waals surface area contributed by atoms with E-state index in [2.05, 4.69) is 38.1 Å². The maximum absolute atomic E-state index is 14.2. The van der Waals surface area contributed by atoms with Crippen LogP contribution < -0.4 is 5.32 Å². The molecule has 0 saturated heterocycles. The van der Waals surface area contributed by atoms with Gasteiger partial charge >= 0.3 is 6.09 Å². The van der Waals surface area contributed by atoms with E-state index < -0.39 is 18.0 Å². The minimum Gasteiger partial charge on any atom is -0.465 e. The topological polar surface area (TPSA) is 78.0 Å². The lowest BCUT2D eigenvalue weighted by Gasteiger charge is -2.31. The number of rotatable bonds is 3. The Bertz CT molecular complexity index is 725. The van der Waals surface area contributed by atoms with E-state index in [1.165, 1.54) is 0 Å². The second kappa shape index (κ2) is 6.47. The zero-order valence-corrected chi connectivity index (χ0v) is 14.4. The average molecular weight is 384 g/mol. The standard InChI is InChI=1S/C16H19BrFN3O2/c1-8-2-4-9(5-3-8)13(21-16(22)23)15-19-11-7-6-10(17)12(18)14(11)20-15/h6-9,13,21H,2-5H2,1H3,(H,19,20)(H,22,23). The van der Waals surface area contributed by atoms with Crippen LogP contribution in [0.3, 0.4) is 0 Å². The Morgan fingerprint density at radius 2 is 2.13 bits per heavy atom. The third kappa shape index (κ3) is 3.34. The molecule has 23 heavy (non-hydrogen) atoms. The highest BCUT2D eigenvalue weighted by atomic mass is 79.9. The highest BCUT2D eigenvalue weighted by molar-refractivity contribution is 9.10. The maximum atomic E-state index is 14.2. The number of amides is 1. The molecule has 1 aliphatic carbocycles. The van der Waals surface area contributed by atoms with E-state index in [9.17, 15) is 9.18 Å². The number of carbonyl (C=O) groups is 1. The molecule has 1 atom stereocenters. The van der Waals surface area contributed by atoms with Gasteiger partial charge < -0.3 is 15.4 Å². The molecular formula is C16H19BrFN3O2. The summed E-state index contributed by atoms with van der Waals surface area (Å²) in [6, 6.07) is 2.91. The van der Waals surface area contributed by atoms with Crippen LogP contribution in [0.15, 0.2) is 16.6 Å². The number of benzene rings is 1. The Morgan fingerprint density at radius 3 is 2.78 bits per heavy atom. The molecule has 2 aromatic rings. The lowest BCUT2D eigenvalue weighted by Crippen LogP contribution is -2.34. The quantitative estimate of drug-likeness (QED) is 0.724. The maximum Gasteiger partial charge on any atom is 0.405 e. The van der Waals surface area contributed by atoms with Gasteiger partial charge in [0.2, 0.25) is 0 Å². The monoisotopic (exact) mass is 383 g/mol.